The molecule has 1 atom stereocenters. The lowest BCUT2D eigenvalue weighted by atomic mass is 10.0. The van der Waals surface area contributed by atoms with Gasteiger partial charge < -0.3 is 14.8 Å². The second-order valence-electron chi connectivity index (χ2n) is 7.29. The summed E-state index contributed by atoms with van der Waals surface area (Å²) in [6, 6.07) is 16.0. The molecule has 0 spiro atoms. The molecule has 2 aromatic rings. The number of likely N-dealkylation sites (tertiary alicyclic amines) is 1. The number of carbonyl (C=O) groups excluding carboxylic acids is 1. The van der Waals surface area contributed by atoms with E-state index in [1.54, 1.807) is 7.11 Å². The van der Waals surface area contributed by atoms with Gasteiger partial charge >= 0.3 is 0 Å². The van der Waals surface area contributed by atoms with Crippen LogP contribution in [-0.2, 0) is 4.79 Å². The average Bonchev–Trinajstić information content (AvgIpc) is 2.74. The Kier molecular flexibility index (Phi) is 7.31. The van der Waals surface area contributed by atoms with Gasteiger partial charge in [-0.2, -0.15) is 0 Å². The first-order valence-corrected chi connectivity index (χ1v) is 10.00. The molecule has 0 bridgehead atoms. The van der Waals surface area contributed by atoms with E-state index >= 15 is 0 Å². The molecule has 0 aliphatic carbocycles. The van der Waals surface area contributed by atoms with Crippen LogP contribution in [0.25, 0.3) is 0 Å². The van der Waals surface area contributed by atoms with E-state index in [4.69, 9.17) is 9.47 Å². The van der Waals surface area contributed by atoms with Crippen molar-refractivity contribution < 1.29 is 14.3 Å². The summed E-state index contributed by atoms with van der Waals surface area (Å²) in [5.74, 6) is 1.44. The maximum atomic E-state index is 12.3. The minimum absolute atomic E-state index is 0.0217. The highest BCUT2D eigenvalue weighted by Gasteiger charge is 2.23. The van der Waals surface area contributed by atoms with Crippen molar-refractivity contribution in [3.63, 3.8) is 0 Å². The molecule has 28 heavy (non-hydrogen) atoms. The summed E-state index contributed by atoms with van der Waals surface area (Å²) < 4.78 is 11.0. The number of piperidine rings is 1. The molecule has 1 heterocycles. The van der Waals surface area contributed by atoms with Crippen LogP contribution in [0.2, 0.25) is 0 Å². The molecule has 1 aliphatic heterocycles. The molecule has 1 aliphatic rings. The number of aryl methyl sites for hydroxylation is 1. The molecule has 150 valence electrons. The van der Waals surface area contributed by atoms with Gasteiger partial charge in [-0.05, 0) is 62.7 Å². The van der Waals surface area contributed by atoms with Gasteiger partial charge in [0.1, 0.15) is 11.5 Å². The van der Waals surface area contributed by atoms with Gasteiger partial charge in [0.15, 0.2) is 6.61 Å². The van der Waals surface area contributed by atoms with Gasteiger partial charge in [0.2, 0.25) is 0 Å². The van der Waals surface area contributed by atoms with Crippen LogP contribution < -0.4 is 14.8 Å². The van der Waals surface area contributed by atoms with Gasteiger partial charge in [-0.25, -0.2) is 0 Å². The minimum Gasteiger partial charge on any atom is -0.497 e. The average molecular weight is 383 g/mol. The number of ether oxygens (including phenoxy) is 2. The van der Waals surface area contributed by atoms with E-state index in [1.807, 2.05) is 43.3 Å². The number of hydrogen-bond acceptors (Lipinski definition) is 4. The molecule has 0 saturated carbocycles. The molecule has 1 amide bonds. The Hall–Kier alpha value is -2.53. The smallest absolute Gasteiger partial charge is 0.258 e. The highest BCUT2D eigenvalue weighted by Crippen LogP contribution is 2.26. The number of nitrogens with zero attached hydrogens (tertiary/aromatic N) is 1. The fourth-order valence-electron chi connectivity index (χ4n) is 3.58. The van der Waals surface area contributed by atoms with Crippen molar-refractivity contribution in [3.05, 3.63) is 59.7 Å². The van der Waals surface area contributed by atoms with Crippen LogP contribution in [0.15, 0.2) is 48.5 Å². The molecule has 1 N–H and O–H groups in total. The van der Waals surface area contributed by atoms with Gasteiger partial charge in [-0.1, -0.05) is 36.2 Å². The van der Waals surface area contributed by atoms with Crippen molar-refractivity contribution >= 4 is 5.91 Å². The summed E-state index contributed by atoms with van der Waals surface area (Å²) in [6.45, 7) is 4.71. The third-order valence-electron chi connectivity index (χ3n) is 5.19. The van der Waals surface area contributed by atoms with Crippen molar-refractivity contribution in [1.29, 1.82) is 0 Å². The lowest BCUT2D eigenvalue weighted by Crippen LogP contribution is -2.41. The quantitative estimate of drug-likeness (QED) is 0.756. The third-order valence-corrected chi connectivity index (χ3v) is 5.19. The SMILES string of the molecule is COc1cccc(C(CNC(=O)COc2ccc(C)cc2)N2CCCCC2)c1. The van der Waals surface area contributed by atoms with Crippen molar-refractivity contribution in [2.75, 3.05) is 33.4 Å². The maximum absolute atomic E-state index is 12.3. The van der Waals surface area contributed by atoms with Gasteiger partial charge in [-0.15, -0.1) is 0 Å². The topological polar surface area (TPSA) is 50.8 Å². The number of hydrogen-bond donors (Lipinski definition) is 1. The predicted octanol–water partition coefficient (Wildman–Crippen LogP) is 3.73. The van der Waals surface area contributed by atoms with Gasteiger partial charge in [0.25, 0.3) is 5.91 Å². The zero-order chi connectivity index (χ0) is 19.8. The third kappa shape index (κ3) is 5.73. The number of benzene rings is 2. The second-order valence-corrected chi connectivity index (χ2v) is 7.29. The molecule has 0 radical (unpaired) electrons. The van der Waals surface area contributed by atoms with E-state index in [1.165, 1.54) is 30.4 Å². The molecule has 1 unspecified atom stereocenters. The maximum Gasteiger partial charge on any atom is 0.258 e. The molecular weight excluding hydrogens is 352 g/mol. The standard InChI is InChI=1S/C23H30N2O3/c1-18-9-11-20(12-10-18)28-17-23(26)24-16-22(25-13-4-3-5-14-25)19-7-6-8-21(15-19)27-2/h6-12,15,22H,3-5,13-14,16-17H2,1-2H3,(H,24,26). The van der Waals surface area contributed by atoms with Crippen LogP contribution in [0.4, 0.5) is 0 Å². The zero-order valence-corrected chi connectivity index (χ0v) is 16.8. The summed E-state index contributed by atoms with van der Waals surface area (Å²) in [5.41, 5.74) is 2.33. The summed E-state index contributed by atoms with van der Waals surface area (Å²) >= 11 is 0. The number of methoxy groups -OCH3 is 1. The first-order chi connectivity index (χ1) is 13.7. The Morgan fingerprint density at radius 1 is 1.07 bits per heavy atom. The molecule has 3 rings (SSSR count). The van der Waals surface area contributed by atoms with Crippen LogP contribution >= 0.6 is 0 Å². The normalized spacial score (nSPS) is 15.6. The van der Waals surface area contributed by atoms with E-state index in [2.05, 4.69) is 22.3 Å². The van der Waals surface area contributed by atoms with E-state index in [0.29, 0.717) is 12.3 Å². The van der Waals surface area contributed by atoms with Crippen LogP contribution in [0, 0.1) is 6.92 Å². The van der Waals surface area contributed by atoms with Gasteiger partial charge in [0, 0.05) is 6.54 Å². The highest BCUT2D eigenvalue weighted by atomic mass is 16.5. The Morgan fingerprint density at radius 2 is 1.82 bits per heavy atom. The molecule has 1 fully saturated rings. The number of carbonyl (C=O) groups is 1. The lowest BCUT2D eigenvalue weighted by molar-refractivity contribution is -0.123. The molecular formula is C23H30N2O3. The Balaban J connectivity index is 1.60. The van der Waals surface area contributed by atoms with Gasteiger partial charge in [-0.3, -0.25) is 9.69 Å². The van der Waals surface area contributed by atoms with E-state index < -0.39 is 0 Å². The van der Waals surface area contributed by atoms with E-state index in [9.17, 15) is 4.79 Å². The van der Waals surface area contributed by atoms with Crippen LogP contribution in [0.5, 0.6) is 11.5 Å². The van der Waals surface area contributed by atoms with Crippen LogP contribution in [0.3, 0.4) is 0 Å². The Labute approximate surface area is 167 Å². The number of rotatable bonds is 8. The highest BCUT2D eigenvalue weighted by molar-refractivity contribution is 5.77. The van der Waals surface area contributed by atoms with Crippen LogP contribution in [0.1, 0.15) is 36.4 Å². The summed E-state index contributed by atoms with van der Waals surface area (Å²) in [4.78, 5) is 14.8. The Bertz CT molecular complexity index is 755. The Morgan fingerprint density at radius 3 is 2.54 bits per heavy atom. The van der Waals surface area contributed by atoms with Crippen molar-refractivity contribution in [1.82, 2.24) is 10.2 Å². The fourth-order valence-corrected chi connectivity index (χ4v) is 3.58. The second kappa shape index (κ2) is 10.1. The first-order valence-electron chi connectivity index (χ1n) is 10.00. The van der Waals surface area contributed by atoms with E-state index in [0.717, 1.165) is 18.8 Å². The molecule has 1 saturated heterocycles. The zero-order valence-electron chi connectivity index (χ0n) is 16.8. The largest absolute Gasteiger partial charge is 0.497 e. The van der Waals surface area contributed by atoms with Gasteiger partial charge in [0.05, 0.1) is 13.2 Å². The molecule has 5 nitrogen and oxygen atoms in total. The minimum atomic E-state index is -0.106. The van der Waals surface area contributed by atoms with Crippen molar-refractivity contribution in [2.45, 2.75) is 32.2 Å². The van der Waals surface area contributed by atoms with Crippen molar-refractivity contribution in [3.8, 4) is 11.5 Å². The lowest BCUT2D eigenvalue weighted by Gasteiger charge is -2.35. The van der Waals surface area contributed by atoms with E-state index in [-0.39, 0.29) is 18.6 Å². The van der Waals surface area contributed by atoms with Crippen molar-refractivity contribution in [2.24, 2.45) is 0 Å². The first kappa shape index (κ1) is 20.2. The predicted molar refractivity (Wildman–Crippen MR) is 111 cm³/mol. The summed E-state index contributed by atoms with van der Waals surface area (Å²) in [6.07, 6.45) is 3.67. The van der Waals surface area contributed by atoms with Crippen LogP contribution in [-0.4, -0.2) is 44.2 Å². The number of amides is 1. The molecule has 2 aromatic carbocycles. The molecule has 0 aromatic heterocycles. The fraction of sp³-hybridized carbons (Fsp3) is 0.435. The summed E-state index contributed by atoms with van der Waals surface area (Å²) in [5, 5.41) is 3.05. The monoisotopic (exact) mass is 382 g/mol. The number of nitrogens with one attached hydrogen (secondary N) is 1. The molecule has 5 heteroatoms. The summed E-state index contributed by atoms with van der Waals surface area (Å²) in [7, 11) is 1.68.